The fourth-order valence-corrected chi connectivity index (χ4v) is 1.73. The minimum atomic E-state index is -2.87. The van der Waals surface area contributed by atoms with Crippen molar-refractivity contribution < 1.29 is 18.3 Å². The third-order valence-electron chi connectivity index (χ3n) is 2.02. The van der Waals surface area contributed by atoms with Gasteiger partial charge in [0.05, 0.1) is 24.3 Å². The number of ether oxygens (including phenoxy) is 1. The van der Waals surface area contributed by atoms with E-state index in [1.165, 1.54) is 6.07 Å². The van der Waals surface area contributed by atoms with Gasteiger partial charge in [-0.3, -0.25) is 4.79 Å². The van der Waals surface area contributed by atoms with Crippen LogP contribution in [-0.4, -0.2) is 17.6 Å². The molecule has 0 amide bonds. The van der Waals surface area contributed by atoms with Gasteiger partial charge in [0, 0.05) is 4.47 Å². The highest BCUT2D eigenvalue weighted by Crippen LogP contribution is 2.26. The van der Waals surface area contributed by atoms with Crippen molar-refractivity contribution in [2.75, 3.05) is 6.61 Å². The lowest BCUT2D eigenvalue weighted by Crippen LogP contribution is -2.11. The van der Waals surface area contributed by atoms with E-state index in [-0.39, 0.29) is 24.3 Å². The lowest BCUT2D eigenvalue weighted by atomic mass is 10.1. The molecule has 96 valence electrons. The van der Waals surface area contributed by atoms with Crippen LogP contribution < -0.4 is 0 Å². The van der Waals surface area contributed by atoms with Crippen molar-refractivity contribution in [1.82, 2.24) is 4.98 Å². The molecule has 7 heteroatoms. The number of rotatable bonds is 4. The van der Waals surface area contributed by atoms with E-state index in [0.717, 1.165) is 0 Å². The van der Waals surface area contributed by atoms with Crippen molar-refractivity contribution in [3.05, 3.63) is 27.5 Å². The number of alkyl halides is 2. The van der Waals surface area contributed by atoms with Crippen LogP contribution in [0.4, 0.5) is 8.78 Å². The third kappa shape index (κ3) is 3.47. The van der Waals surface area contributed by atoms with Gasteiger partial charge in [0.15, 0.2) is 0 Å². The number of hydrogen-bond acceptors (Lipinski definition) is 4. The molecule has 1 rings (SSSR count). The summed E-state index contributed by atoms with van der Waals surface area (Å²) in [5, 5.41) is 8.71. The van der Waals surface area contributed by atoms with Gasteiger partial charge in [-0.25, -0.2) is 13.8 Å². The molecule has 0 saturated carbocycles. The third-order valence-corrected chi connectivity index (χ3v) is 2.71. The number of pyridine rings is 1. The second-order valence-electron chi connectivity index (χ2n) is 3.24. The first-order valence-corrected chi connectivity index (χ1v) is 5.82. The fourth-order valence-electron chi connectivity index (χ4n) is 1.27. The van der Waals surface area contributed by atoms with Gasteiger partial charge in [-0.2, -0.15) is 5.26 Å². The lowest BCUT2D eigenvalue weighted by molar-refractivity contribution is -0.142. The van der Waals surface area contributed by atoms with E-state index < -0.39 is 18.1 Å². The first-order valence-electron chi connectivity index (χ1n) is 5.02. The number of halogens is 3. The van der Waals surface area contributed by atoms with Gasteiger partial charge in [-0.1, -0.05) is 0 Å². The summed E-state index contributed by atoms with van der Waals surface area (Å²) in [6, 6.07) is 2.86. The lowest BCUT2D eigenvalue weighted by Gasteiger charge is -2.08. The summed E-state index contributed by atoms with van der Waals surface area (Å²) >= 11 is 3.08. The molecular weight excluding hydrogens is 310 g/mol. The van der Waals surface area contributed by atoms with Crippen molar-refractivity contribution >= 4 is 21.9 Å². The highest BCUT2D eigenvalue weighted by Gasteiger charge is 2.19. The first-order chi connectivity index (χ1) is 8.49. The molecule has 18 heavy (non-hydrogen) atoms. The van der Waals surface area contributed by atoms with E-state index in [9.17, 15) is 13.6 Å². The molecule has 0 aliphatic rings. The first kappa shape index (κ1) is 14.5. The molecule has 1 heterocycles. The van der Waals surface area contributed by atoms with Crippen LogP contribution in [0.15, 0.2) is 10.5 Å². The molecule has 1 aromatic heterocycles. The Morgan fingerprint density at radius 3 is 2.83 bits per heavy atom. The average Bonchev–Trinajstić information content (AvgIpc) is 2.31. The number of nitriles is 1. The number of aromatic nitrogens is 1. The van der Waals surface area contributed by atoms with Gasteiger partial charge >= 0.3 is 5.97 Å². The largest absolute Gasteiger partial charge is 0.466 e. The van der Waals surface area contributed by atoms with E-state index >= 15 is 0 Å². The van der Waals surface area contributed by atoms with Gasteiger partial charge in [0.2, 0.25) is 0 Å². The Balaban J connectivity index is 3.10. The van der Waals surface area contributed by atoms with Gasteiger partial charge in [-0.05, 0) is 28.9 Å². The van der Waals surface area contributed by atoms with E-state index in [1.807, 2.05) is 0 Å². The molecule has 0 aliphatic carbocycles. The van der Waals surface area contributed by atoms with Crippen molar-refractivity contribution in [3.8, 4) is 6.07 Å². The number of esters is 1. The molecule has 0 bridgehead atoms. The minimum absolute atomic E-state index is 0.128. The smallest absolute Gasteiger partial charge is 0.311 e. The fraction of sp³-hybridized carbons (Fsp3) is 0.364. The topological polar surface area (TPSA) is 63.0 Å². The van der Waals surface area contributed by atoms with Crippen LogP contribution in [0.3, 0.4) is 0 Å². The molecule has 0 N–H and O–H groups in total. The highest BCUT2D eigenvalue weighted by molar-refractivity contribution is 9.10. The van der Waals surface area contributed by atoms with E-state index in [1.54, 1.807) is 13.0 Å². The van der Waals surface area contributed by atoms with Crippen LogP contribution in [0.5, 0.6) is 0 Å². The summed E-state index contributed by atoms with van der Waals surface area (Å²) in [6.07, 6.45) is -3.09. The molecule has 4 nitrogen and oxygen atoms in total. The number of nitrogens with zero attached hydrogens (tertiary/aromatic N) is 2. The summed E-state index contributed by atoms with van der Waals surface area (Å²) in [5.74, 6) is -0.560. The van der Waals surface area contributed by atoms with Crippen LogP contribution in [0.25, 0.3) is 0 Å². The SMILES string of the molecule is CCOC(=O)Cc1nc(C(F)F)c(C#N)cc1Br. The van der Waals surface area contributed by atoms with Gasteiger partial charge < -0.3 is 4.74 Å². The summed E-state index contributed by atoms with van der Waals surface area (Å²) < 4.78 is 30.4. The Bertz CT molecular complexity index is 501. The van der Waals surface area contributed by atoms with Crippen molar-refractivity contribution in [3.63, 3.8) is 0 Å². The molecule has 0 aliphatic heterocycles. The summed E-state index contributed by atoms with van der Waals surface area (Å²) in [4.78, 5) is 14.9. The van der Waals surface area contributed by atoms with Crippen LogP contribution in [0.1, 0.15) is 30.3 Å². The van der Waals surface area contributed by atoms with E-state index in [0.29, 0.717) is 4.47 Å². The zero-order valence-corrected chi connectivity index (χ0v) is 11.0. The quantitative estimate of drug-likeness (QED) is 0.801. The van der Waals surface area contributed by atoms with Crippen LogP contribution in [0, 0.1) is 11.3 Å². The second-order valence-corrected chi connectivity index (χ2v) is 4.10. The molecule has 0 aromatic carbocycles. The molecule has 0 atom stereocenters. The monoisotopic (exact) mass is 318 g/mol. The molecule has 0 saturated heterocycles. The Kier molecular flexibility index (Phi) is 5.16. The number of carbonyl (C=O) groups excluding carboxylic acids is 1. The normalized spacial score (nSPS) is 10.2. The Morgan fingerprint density at radius 2 is 2.33 bits per heavy atom. The Morgan fingerprint density at radius 1 is 1.67 bits per heavy atom. The maximum absolute atomic E-state index is 12.7. The standard InChI is InChI=1S/C11H9BrF2N2O2/c1-2-18-9(17)4-8-7(12)3-6(5-15)10(16-8)11(13)14/h3,11H,2,4H2,1H3. The summed E-state index contributed by atoms with van der Waals surface area (Å²) in [6.45, 7) is 1.85. The number of hydrogen-bond donors (Lipinski definition) is 0. The Labute approximate surface area is 111 Å². The summed E-state index contributed by atoms with van der Waals surface area (Å²) in [7, 11) is 0. The van der Waals surface area contributed by atoms with Crippen LogP contribution in [-0.2, 0) is 16.0 Å². The summed E-state index contributed by atoms with van der Waals surface area (Å²) in [5.41, 5.74) is -0.716. The zero-order chi connectivity index (χ0) is 13.7. The van der Waals surface area contributed by atoms with Crippen molar-refractivity contribution in [2.45, 2.75) is 19.8 Å². The van der Waals surface area contributed by atoms with Crippen LogP contribution in [0.2, 0.25) is 0 Å². The molecule has 0 spiro atoms. The molecule has 0 fully saturated rings. The van der Waals surface area contributed by atoms with Gasteiger partial charge in [-0.15, -0.1) is 0 Å². The van der Waals surface area contributed by atoms with Crippen molar-refractivity contribution in [2.24, 2.45) is 0 Å². The predicted octanol–water partition coefficient (Wildman–Crippen LogP) is 2.76. The van der Waals surface area contributed by atoms with Gasteiger partial charge in [0.1, 0.15) is 11.8 Å². The Hall–Kier alpha value is -1.55. The second kappa shape index (κ2) is 6.40. The number of carbonyl (C=O) groups is 1. The molecular formula is C11H9BrF2N2O2. The van der Waals surface area contributed by atoms with Crippen molar-refractivity contribution in [1.29, 1.82) is 5.26 Å². The van der Waals surface area contributed by atoms with E-state index in [2.05, 4.69) is 20.9 Å². The predicted molar refractivity (Wildman–Crippen MR) is 61.9 cm³/mol. The maximum Gasteiger partial charge on any atom is 0.311 e. The average molecular weight is 319 g/mol. The molecule has 0 unspecified atom stereocenters. The molecule has 0 radical (unpaired) electrons. The maximum atomic E-state index is 12.7. The zero-order valence-electron chi connectivity index (χ0n) is 9.41. The van der Waals surface area contributed by atoms with Crippen LogP contribution >= 0.6 is 15.9 Å². The minimum Gasteiger partial charge on any atom is -0.466 e. The molecule has 1 aromatic rings. The van der Waals surface area contributed by atoms with Gasteiger partial charge in [0.25, 0.3) is 6.43 Å². The highest BCUT2D eigenvalue weighted by atomic mass is 79.9. The van der Waals surface area contributed by atoms with E-state index in [4.69, 9.17) is 10.00 Å².